The van der Waals surface area contributed by atoms with E-state index in [4.69, 9.17) is 10.8 Å². The molecule has 4 nitrogen and oxygen atoms in total. The molecule has 108 valence electrons. The van der Waals surface area contributed by atoms with Crippen LogP contribution in [0.4, 0.5) is 5.69 Å². The van der Waals surface area contributed by atoms with Gasteiger partial charge in [0.25, 0.3) is 5.91 Å². The zero-order chi connectivity index (χ0) is 14.5. The fraction of sp³-hybridized carbons (Fsp3) is 0.357. The predicted molar refractivity (Wildman–Crippen MR) is 87.2 cm³/mol. The van der Waals surface area contributed by atoms with E-state index in [1.54, 1.807) is 0 Å². The van der Waals surface area contributed by atoms with Gasteiger partial charge in [0.15, 0.2) is 0 Å². The minimum atomic E-state index is -0.121. The van der Waals surface area contributed by atoms with Crippen molar-refractivity contribution in [2.24, 2.45) is 0 Å². The third kappa shape index (κ3) is 3.50. The maximum absolute atomic E-state index is 12.1. The van der Waals surface area contributed by atoms with Crippen molar-refractivity contribution in [2.45, 2.75) is 19.3 Å². The zero-order valence-corrected chi connectivity index (χ0v) is 13.4. The van der Waals surface area contributed by atoms with E-state index in [1.165, 1.54) is 11.3 Å². The summed E-state index contributed by atoms with van der Waals surface area (Å²) < 4.78 is 1.98. The van der Waals surface area contributed by atoms with Crippen LogP contribution in [0.25, 0.3) is 10.1 Å². The molecule has 1 aromatic carbocycles. The van der Waals surface area contributed by atoms with Crippen LogP contribution in [0, 0.1) is 0 Å². The number of aliphatic hydroxyl groups is 1. The number of rotatable bonds is 6. The molecule has 0 fully saturated rings. The number of halogens is 1. The van der Waals surface area contributed by atoms with Crippen LogP contribution in [0.2, 0.25) is 0 Å². The first-order valence-corrected chi connectivity index (χ1v) is 8.11. The number of unbranched alkanes of at least 4 members (excludes halogenated alkanes) is 2. The second-order valence-electron chi connectivity index (χ2n) is 4.53. The van der Waals surface area contributed by atoms with E-state index >= 15 is 0 Å². The highest BCUT2D eigenvalue weighted by Crippen LogP contribution is 2.35. The number of aliphatic hydroxyl groups excluding tert-OH is 1. The first-order valence-electron chi connectivity index (χ1n) is 6.50. The molecule has 4 N–H and O–H groups in total. The van der Waals surface area contributed by atoms with Gasteiger partial charge >= 0.3 is 0 Å². The monoisotopic (exact) mass is 356 g/mol. The number of hydrogen-bond donors (Lipinski definition) is 3. The molecule has 0 bridgehead atoms. The Bertz CT molecular complexity index is 612. The van der Waals surface area contributed by atoms with Crippen molar-refractivity contribution in [1.29, 1.82) is 0 Å². The topological polar surface area (TPSA) is 75.4 Å². The van der Waals surface area contributed by atoms with Gasteiger partial charge in [-0.25, -0.2) is 0 Å². The quantitative estimate of drug-likeness (QED) is 0.696. The van der Waals surface area contributed by atoms with E-state index < -0.39 is 0 Å². The molecule has 0 aliphatic rings. The van der Waals surface area contributed by atoms with Crippen LogP contribution in [0.1, 0.15) is 28.9 Å². The highest BCUT2D eigenvalue weighted by atomic mass is 79.9. The number of thiophene rings is 1. The van der Waals surface area contributed by atoms with Crippen molar-refractivity contribution < 1.29 is 9.90 Å². The SMILES string of the molecule is Nc1c(C(=O)NCCCCCO)sc2cc(Br)ccc12. The third-order valence-corrected chi connectivity index (χ3v) is 4.68. The Morgan fingerprint density at radius 3 is 2.90 bits per heavy atom. The van der Waals surface area contributed by atoms with Gasteiger partial charge in [0.2, 0.25) is 0 Å². The summed E-state index contributed by atoms with van der Waals surface area (Å²) in [4.78, 5) is 12.7. The minimum absolute atomic E-state index is 0.121. The van der Waals surface area contributed by atoms with E-state index in [0.29, 0.717) is 17.1 Å². The number of amides is 1. The van der Waals surface area contributed by atoms with Crippen LogP contribution in [0.15, 0.2) is 22.7 Å². The standard InChI is InChI=1S/C14H17BrN2O2S/c15-9-4-5-10-11(8-9)20-13(12(10)16)14(19)17-6-2-1-3-7-18/h4-5,8,18H,1-3,6-7,16H2,(H,17,19). The molecule has 20 heavy (non-hydrogen) atoms. The zero-order valence-electron chi connectivity index (χ0n) is 11.0. The lowest BCUT2D eigenvalue weighted by molar-refractivity contribution is 0.0958. The van der Waals surface area contributed by atoms with Gasteiger partial charge < -0.3 is 16.2 Å². The molecular formula is C14H17BrN2O2S. The lowest BCUT2D eigenvalue weighted by Crippen LogP contribution is -2.24. The molecule has 0 aliphatic heterocycles. The number of hydrogen-bond acceptors (Lipinski definition) is 4. The van der Waals surface area contributed by atoms with E-state index in [0.717, 1.165) is 33.8 Å². The van der Waals surface area contributed by atoms with Crippen molar-refractivity contribution in [2.75, 3.05) is 18.9 Å². The molecule has 6 heteroatoms. The third-order valence-electron chi connectivity index (χ3n) is 3.02. The molecule has 0 aliphatic carbocycles. The molecule has 0 atom stereocenters. The molecule has 1 aromatic heterocycles. The summed E-state index contributed by atoms with van der Waals surface area (Å²) in [6, 6.07) is 5.81. The summed E-state index contributed by atoms with van der Waals surface area (Å²) >= 11 is 4.82. The number of benzene rings is 1. The number of carbonyl (C=O) groups excluding carboxylic acids is 1. The van der Waals surface area contributed by atoms with Gasteiger partial charge in [-0.2, -0.15) is 0 Å². The van der Waals surface area contributed by atoms with E-state index in [-0.39, 0.29) is 12.5 Å². The van der Waals surface area contributed by atoms with E-state index in [2.05, 4.69) is 21.2 Å². The van der Waals surface area contributed by atoms with Crippen molar-refractivity contribution >= 4 is 48.9 Å². The largest absolute Gasteiger partial charge is 0.397 e. The first kappa shape index (κ1) is 15.3. The van der Waals surface area contributed by atoms with Crippen LogP contribution in [-0.2, 0) is 0 Å². The van der Waals surface area contributed by atoms with Gasteiger partial charge in [-0.05, 0) is 31.4 Å². The lowest BCUT2D eigenvalue weighted by atomic mass is 10.2. The predicted octanol–water partition coefficient (Wildman–Crippen LogP) is 3.14. The van der Waals surface area contributed by atoms with Crippen LogP contribution in [-0.4, -0.2) is 24.2 Å². The maximum Gasteiger partial charge on any atom is 0.263 e. The highest BCUT2D eigenvalue weighted by molar-refractivity contribution is 9.10. The number of nitrogen functional groups attached to an aromatic ring is 1. The minimum Gasteiger partial charge on any atom is -0.397 e. The Labute approximate surface area is 130 Å². The second-order valence-corrected chi connectivity index (χ2v) is 6.49. The molecule has 0 spiro atoms. The summed E-state index contributed by atoms with van der Waals surface area (Å²) in [6.07, 6.45) is 2.54. The van der Waals surface area contributed by atoms with Gasteiger partial charge in [-0.15, -0.1) is 11.3 Å². The summed E-state index contributed by atoms with van der Waals surface area (Å²) in [5.74, 6) is -0.121. The van der Waals surface area contributed by atoms with Crippen LogP contribution >= 0.6 is 27.3 Å². The van der Waals surface area contributed by atoms with Crippen molar-refractivity contribution in [1.82, 2.24) is 5.32 Å². The van der Waals surface area contributed by atoms with Crippen molar-refractivity contribution in [3.8, 4) is 0 Å². The molecular weight excluding hydrogens is 340 g/mol. The van der Waals surface area contributed by atoms with Crippen LogP contribution in [0.3, 0.4) is 0 Å². The van der Waals surface area contributed by atoms with Gasteiger partial charge in [0.05, 0.1) is 5.69 Å². The average Bonchev–Trinajstić information content (AvgIpc) is 2.75. The smallest absolute Gasteiger partial charge is 0.263 e. The Hall–Kier alpha value is -1.11. The summed E-state index contributed by atoms with van der Waals surface area (Å²) in [7, 11) is 0. The van der Waals surface area contributed by atoms with Crippen LogP contribution < -0.4 is 11.1 Å². The summed E-state index contributed by atoms with van der Waals surface area (Å²) in [5, 5.41) is 12.5. The number of nitrogens with one attached hydrogen (secondary N) is 1. The van der Waals surface area contributed by atoms with Crippen molar-refractivity contribution in [3.05, 3.63) is 27.5 Å². The normalized spacial score (nSPS) is 10.9. The Balaban J connectivity index is 2.04. The Morgan fingerprint density at radius 2 is 2.15 bits per heavy atom. The molecule has 2 aromatic rings. The van der Waals surface area contributed by atoms with Gasteiger partial charge in [-0.3, -0.25) is 4.79 Å². The van der Waals surface area contributed by atoms with Gasteiger partial charge in [0, 0.05) is 27.7 Å². The Morgan fingerprint density at radius 1 is 1.35 bits per heavy atom. The molecule has 1 heterocycles. The Kier molecular flexibility index (Phi) is 5.39. The lowest BCUT2D eigenvalue weighted by Gasteiger charge is -2.03. The summed E-state index contributed by atoms with van der Waals surface area (Å²) in [6.45, 7) is 0.808. The fourth-order valence-corrected chi connectivity index (χ4v) is 3.55. The highest BCUT2D eigenvalue weighted by Gasteiger charge is 2.15. The second kappa shape index (κ2) is 7.06. The molecule has 1 amide bonds. The van der Waals surface area contributed by atoms with E-state index in [9.17, 15) is 4.79 Å². The van der Waals surface area contributed by atoms with Gasteiger partial charge in [-0.1, -0.05) is 22.0 Å². The average molecular weight is 357 g/mol. The maximum atomic E-state index is 12.1. The number of nitrogens with two attached hydrogens (primary N) is 1. The molecule has 0 unspecified atom stereocenters. The number of anilines is 1. The molecule has 0 radical (unpaired) electrons. The van der Waals surface area contributed by atoms with Crippen LogP contribution in [0.5, 0.6) is 0 Å². The first-order chi connectivity index (χ1) is 9.63. The molecule has 0 saturated heterocycles. The number of carbonyl (C=O) groups is 1. The van der Waals surface area contributed by atoms with E-state index in [1.807, 2.05) is 18.2 Å². The van der Waals surface area contributed by atoms with Gasteiger partial charge in [0.1, 0.15) is 4.88 Å². The molecule has 2 rings (SSSR count). The molecule has 0 saturated carbocycles. The van der Waals surface area contributed by atoms with Crippen molar-refractivity contribution in [3.63, 3.8) is 0 Å². The fourth-order valence-electron chi connectivity index (χ4n) is 1.95. The number of fused-ring (bicyclic) bond motifs is 1. The summed E-state index contributed by atoms with van der Waals surface area (Å²) in [5.41, 5.74) is 6.59.